The summed E-state index contributed by atoms with van der Waals surface area (Å²) < 4.78 is 5.54. The van der Waals surface area contributed by atoms with Crippen molar-refractivity contribution in [2.24, 2.45) is 0 Å². The van der Waals surface area contributed by atoms with Crippen LogP contribution in [0.4, 0.5) is 4.79 Å². The Morgan fingerprint density at radius 3 is 3.22 bits per heavy atom. The fraction of sp³-hybridized carbons (Fsp3) is 0.615. The molecule has 5 heteroatoms. The van der Waals surface area contributed by atoms with Gasteiger partial charge in [0.05, 0.1) is 12.1 Å². The molecule has 100 valence electrons. The van der Waals surface area contributed by atoms with E-state index in [4.69, 9.17) is 4.74 Å². The monoisotopic (exact) mass is 268 g/mol. The molecule has 0 radical (unpaired) electrons. The minimum absolute atomic E-state index is 0.0780. The average molecular weight is 268 g/mol. The number of carbonyl (C=O) groups is 1. The van der Waals surface area contributed by atoms with E-state index in [0.29, 0.717) is 6.54 Å². The minimum atomic E-state index is -0.102. The number of urea groups is 1. The lowest BCUT2D eigenvalue weighted by Gasteiger charge is -2.20. The highest BCUT2D eigenvalue weighted by Gasteiger charge is 2.23. The second-order valence-corrected chi connectivity index (χ2v) is 5.60. The molecule has 0 aromatic carbocycles. The van der Waals surface area contributed by atoms with Gasteiger partial charge in [0.2, 0.25) is 0 Å². The van der Waals surface area contributed by atoms with Gasteiger partial charge in [-0.3, -0.25) is 0 Å². The van der Waals surface area contributed by atoms with Gasteiger partial charge in [-0.05, 0) is 37.6 Å². The van der Waals surface area contributed by atoms with Crippen molar-refractivity contribution >= 4 is 17.4 Å². The Kier molecular flexibility index (Phi) is 5.01. The Balaban J connectivity index is 1.62. The predicted molar refractivity (Wildman–Crippen MR) is 73.0 cm³/mol. The molecule has 2 amide bonds. The largest absolute Gasteiger partial charge is 0.376 e. The van der Waals surface area contributed by atoms with E-state index in [1.54, 1.807) is 11.3 Å². The maximum absolute atomic E-state index is 11.7. The summed E-state index contributed by atoms with van der Waals surface area (Å²) in [6, 6.07) is 4.09. The summed E-state index contributed by atoms with van der Waals surface area (Å²) in [5.74, 6) is 0. The average Bonchev–Trinajstić information content (AvgIpc) is 3.02. The van der Waals surface area contributed by atoms with Crippen LogP contribution in [0.5, 0.6) is 0 Å². The van der Waals surface area contributed by atoms with Crippen LogP contribution in [0.15, 0.2) is 17.5 Å². The molecular weight excluding hydrogens is 248 g/mol. The number of hydrogen-bond acceptors (Lipinski definition) is 3. The molecular formula is C13H20N2O2S. The number of ether oxygens (including phenoxy) is 1. The van der Waals surface area contributed by atoms with Crippen molar-refractivity contribution in [1.29, 1.82) is 0 Å². The molecule has 2 N–H and O–H groups in total. The molecule has 1 fully saturated rings. The van der Waals surface area contributed by atoms with Gasteiger partial charge < -0.3 is 15.4 Å². The van der Waals surface area contributed by atoms with Crippen LogP contribution >= 0.6 is 11.3 Å². The van der Waals surface area contributed by atoms with Crippen molar-refractivity contribution in [1.82, 2.24) is 10.6 Å². The quantitative estimate of drug-likeness (QED) is 0.859. The van der Waals surface area contributed by atoms with Gasteiger partial charge in [0.1, 0.15) is 0 Å². The molecule has 1 aromatic heterocycles. The van der Waals surface area contributed by atoms with Gasteiger partial charge in [-0.15, -0.1) is 11.3 Å². The summed E-state index contributed by atoms with van der Waals surface area (Å²) in [5, 5.41) is 7.86. The zero-order valence-corrected chi connectivity index (χ0v) is 11.5. The topological polar surface area (TPSA) is 50.4 Å². The van der Waals surface area contributed by atoms with Gasteiger partial charge in [-0.1, -0.05) is 6.07 Å². The summed E-state index contributed by atoms with van der Waals surface area (Å²) >= 11 is 1.72. The van der Waals surface area contributed by atoms with Crippen LogP contribution < -0.4 is 10.6 Å². The number of carbonyl (C=O) groups excluding carboxylic acids is 1. The lowest BCUT2D eigenvalue weighted by atomic mass is 10.1. The van der Waals surface area contributed by atoms with Gasteiger partial charge in [0.25, 0.3) is 0 Å². The van der Waals surface area contributed by atoms with E-state index >= 15 is 0 Å². The first-order valence-electron chi connectivity index (χ1n) is 6.44. The molecule has 0 saturated carbocycles. The van der Waals surface area contributed by atoms with Crippen LogP contribution in [0, 0.1) is 0 Å². The van der Waals surface area contributed by atoms with Gasteiger partial charge in [0.15, 0.2) is 0 Å². The first kappa shape index (κ1) is 13.4. The normalized spacial score (nSPS) is 20.6. The number of thiophene rings is 1. The predicted octanol–water partition coefficient (Wildman–Crippen LogP) is 2.16. The summed E-state index contributed by atoms with van der Waals surface area (Å²) in [6.45, 7) is 3.48. The van der Waals surface area contributed by atoms with E-state index in [9.17, 15) is 4.79 Å². The van der Waals surface area contributed by atoms with E-state index < -0.39 is 0 Å². The Morgan fingerprint density at radius 2 is 2.56 bits per heavy atom. The number of amides is 2. The first-order valence-corrected chi connectivity index (χ1v) is 7.32. The van der Waals surface area contributed by atoms with Gasteiger partial charge in [-0.2, -0.15) is 0 Å². The minimum Gasteiger partial charge on any atom is -0.376 e. The fourth-order valence-electron chi connectivity index (χ4n) is 2.10. The second kappa shape index (κ2) is 6.75. The van der Waals surface area contributed by atoms with Crippen molar-refractivity contribution in [2.75, 3.05) is 13.2 Å². The van der Waals surface area contributed by atoms with E-state index in [0.717, 1.165) is 25.9 Å². The van der Waals surface area contributed by atoms with E-state index in [2.05, 4.69) is 22.1 Å². The highest BCUT2D eigenvalue weighted by molar-refractivity contribution is 7.09. The molecule has 1 aromatic rings. The van der Waals surface area contributed by atoms with Crippen LogP contribution in [-0.2, 0) is 11.2 Å². The summed E-state index contributed by atoms with van der Waals surface area (Å²) in [4.78, 5) is 13.0. The van der Waals surface area contributed by atoms with E-state index in [1.165, 1.54) is 4.88 Å². The number of nitrogens with one attached hydrogen (secondary N) is 2. The molecule has 2 rings (SSSR count). The molecule has 0 bridgehead atoms. The maximum atomic E-state index is 11.7. The summed E-state index contributed by atoms with van der Waals surface area (Å²) in [5.41, 5.74) is 0. The Morgan fingerprint density at radius 1 is 1.67 bits per heavy atom. The molecule has 0 unspecified atom stereocenters. The summed E-state index contributed by atoms with van der Waals surface area (Å²) in [7, 11) is 0. The number of hydrogen-bond donors (Lipinski definition) is 2. The molecule has 1 aliphatic rings. The highest BCUT2D eigenvalue weighted by Crippen LogP contribution is 2.15. The van der Waals surface area contributed by atoms with Gasteiger partial charge in [-0.25, -0.2) is 4.79 Å². The van der Waals surface area contributed by atoms with Crippen molar-refractivity contribution in [3.8, 4) is 0 Å². The van der Waals surface area contributed by atoms with Crippen LogP contribution in [0.3, 0.4) is 0 Å². The Hall–Kier alpha value is -1.07. The zero-order chi connectivity index (χ0) is 12.8. The van der Waals surface area contributed by atoms with Crippen LogP contribution in [-0.4, -0.2) is 31.3 Å². The number of rotatable bonds is 5. The standard InChI is InChI=1S/C13H20N2O2S/c1-10(12-5-2-8-17-12)15-13(16)14-7-6-11-4-3-9-18-11/h3-4,9-10,12H,2,5-8H2,1H3,(H2,14,15,16)/t10-,12-/m1/s1. The molecule has 18 heavy (non-hydrogen) atoms. The lowest BCUT2D eigenvalue weighted by Crippen LogP contribution is -2.46. The third-order valence-corrected chi connectivity index (χ3v) is 4.05. The van der Waals surface area contributed by atoms with Crippen molar-refractivity contribution < 1.29 is 9.53 Å². The second-order valence-electron chi connectivity index (χ2n) is 4.57. The first-order chi connectivity index (χ1) is 8.75. The van der Waals surface area contributed by atoms with E-state index in [1.807, 2.05) is 13.0 Å². The Bertz CT molecular complexity index is 361. The fourth-order valence-corrected chi connectivity index (χ4v) is 2.81. The maximum Gasteiger partial charge on any atom is 0.315 e. The molecule has 1 aliphatic heterocycles. The third kappa shape index (κ3) is 3.99. The highest BCUT2D eigenvalue weighted by atomic mass is 32.1. The van der Waals surface area contributed by atoms with Crippen molar-refractivity contribution in [3.05, 3.63) is 22.4 Å². The van der Waals surface area contributed by atoms with E-state index in [-0.39, 0.29) is 18.2 Å². The molecule has 0 aliphatic carbocycles. The van der Waals surface area contributed by atoms with Crippen LogP contribution in [0.1, 0.15) is 24.6 Å². The Labute approximate surface area is 112 Å². The molecule has 2 heterocycles. The molecule has 4 nitrogen and oxygen atoms in total. The third-order valence-electron chi connectivity index (χ3n) is 3.12. The smallest absolute Gasteiger partial charge is 0.315 e. The van der Waals surface area contributed by atoms with Crippen molar-refractivity contribution in [2.45, 2.75) is 38.3 Å². The zero-order valence-electron chi connectivity index (χ0n) is 10.6. The van der Waals surface area contributed by atoms with Gasteiger partial charge >= 0.3 is 6.03 Å². The lowest BCUT2D eigenvalue weighted by molar-refractivity contribution is 0.0860. The van der Waals surface area contributed by atoms with Crippen LogP contribution in [0.2, 0.25) is 0 Å². The molecule has 1 saturated heterocycles. The molecule has 2 atom stereocenters. The van der Waals surface area contributed by atoms with Gasteiger partial charge in [0, 0.05) is 18.0 Å². The molecule has 0 spiro atoms. The summed E-state index contributed by atoms with van der Waals surface area (Å²) in [6.07, 6.45) is 3.19. The SMILES string of the molecule is C[C@@H](NC(=O)NCCc1cccs1)[C@H]1CCCO1. The van der Waals surface area contributed by atoms with Crippen LogP contribution in [0.25, 0.3) is 0 Å². The van der Waals surface area contributed by atoms with Crippen molar-refractivity contribution in [3.63, 3.8) is 0 Å².